The predicted octanol–water partition coefficient (Wildman–Crippen LogP) is 3.03. The van der Waals surface area contributed by atoms with Gasteiger partial charge < -0.3 is 19.7 Å². The van der Waals surface area contributed by atoms with E-state index in [9.17, 15) is 19.7 Å². The van der Waals surface area contributed by atoms with Gasteiger partial charge in [-0.25, -0.2) is 9.80 Å². The monoisotopic (exact) mass is 552 g/mol. The van der Waals surface area contributed by atoms with Gasteiger partial charge >= 0.3 is 6.03 Å². The van der Waals surface area contributed by atoms with E-state index in [0.717, 1.165) is 18.7 Å². The molecule has 1 atom stereocenters. The molecule has 0 aromatic heterocycles. The molecule has 4 rings (SSSR count). The molecule has 2 aliphatic heterocycles. The fraction of sp³-hybridized carbons (Fsp3) is 0.464. The minimum atomic E-state index is -0.454. The number of non-ortho nitro benzene ring substituents is 1. The third-order valence-electron chi connectivity index (χ3n) is 6.89. The van der Waals surface area contributed by atoms with Gasteiger partial charge in [-0.05, 0) is 49.2 Å². The summed E-state index contributed by atoms with van der Waals surface area (Å²) in [5.74, 6) is 0.370. The zero-order valence-corrected chi connectivity index (χ0v) is 23.1. The Morgan fingerprint density at radius 3 is 2.42 bits per heavy atom. The van der Waals surface area contributed by atoms with Gasteiger partial charge in [0.25, 0.3) is 11.6 Å². The van der Waals surface area contributed by atoms with Gasteiger partial charge in [0.05, 0.1) is 37.0 Å². The highest BCUT2D eigenvalue weighted by molar-refractivity contribution is 6.03. The van der Waals surface area contributed by atoms with E-state index < -0.39 is 11.0 Å². The SMILES string of the molecule is COc1ccc([C@H]2CC(c3ccc([N+](=O)[O-])cc3)=NN2C(=O)CN(CCN2CCOCC2)C(=O)NC(C)C)cc1. The number of carbonyl (C=O) groups is 2. The van der Waals surface area contributed by atoms with Crippen LogP contribution in [0.15, 0.2) is 53.6 Å². The number of hydrazone groups is 1. The average molecular weight is 553 g/mol. The van der Waals surface area contributed by atoms with Crippen LogP contribution >= 0.6 is 0 Å². The van der Waals surface area contributed by atoms with Crippen molar-refractivity contribution in [2.45, 2.75) is 32.4 Å². The second-order valence-corrected chi connectivity index (χ2v) is 10.1. The van der Waals surface area contributed by atoms with Crippen LogP contribution in [0.4, 0.5) is 10.5 Å². The highest BCUT2D eigenvalue weighted by Gasteiger charge is 2.34. The largest absolute Gasteiger partial charge is 0.497 e. The zero-order valence-electron chi connectivity index (χ0n) is 23.1. The predicted molar refractivity (Wildman–Crippen MR) is 149 cm³/mol. The number of nitro groups is 1. The van der Waals surface area contributed by atoms with E-state index in [1.165, 1.54) is 22.0 Å². The number of ether oxygens (including phenoxy) is 2. The molecule has 0 bridgehead atoms. The van der Waals surface area contributed by atoms with Crippen LogP contribution in [0.2, 0.25) is 0 Å². The van der Waals surface area contributed by atoms with Crippen LogP contribution in [0.1, 0.15) is 37.4 Å². The van der Waals surface area contributed by atoms with Gasteiger partial charge in [-0.15, -0.1) is 0 Å². The number of hydrogen-bond donors (Lipinski definition) is 1. The third-order valence-corrected chi connectivity index (χ3v) is 6.89. The first kappa shape index (κ1) is 29.0. The molecule has 0 aliphatic carbocycles. The minimum Gasteiger partial charge on any atom is -0.497 e. The number of urea groups is 1. The number of morpholine rings is 1. The van der Waals surface area contributed by atoms with Crippen LogP contribution in [0.3, 0.4) is 0 Å². The molecule has 12 nitrogen and oxygen atoms in total. The molecule has 2 aromatic rings. The molecule has 214 valence electrons. The quantitative estimate of drug-likeness (QED) is 0.354. The number of nitrogens with zero attached hydrogens (tertiary/aromatic N) is 5. The van der Waals surface area contributed by atoms with Gasteiger partial charge in [-0.3, -0.25) is 19.8 Å². The summed E-state index contributed by atoms with van der Waals surface area (Å²) < 4.78 is 10.7. The fourth-order valence-corrected chi connectivity index (χ4v) is 4.69. The van der Waals surface area contributed by atoms with Crippen molar-refractivity contribution in [1.29, 1.82) is 0 Å². The zero-order chi connectivity index (χ0) is 28.6. The van der Waals surface area contributed by atoms with Gasteiger partial charge in [-0.1, -0.05) is 12.1 Å². The van der Waals surface area contributed by atoms with Crippen molar-refractivity contribution in [3.8, 4) is 5.75 Å². The summed E-state index contributed by atoms with van der Waals surface area (Å²) in [5, 5.41) is 20.1. The van der Waals surface area contributed by atoms with Crippen LogP contribution in [-0.2, 0) is 9.53 Å². The Hall–Kier alpha value is -4.03. The van der Waals surface area contributed by atoms with Crippen LogP contribution in [0, 0.1) is 10.1 Å². The lowest BCUT2D eigenvalue weighted by atomic mass is 9.98. The Bertz CT molecular complexity index is 1210. The third kappa shape index (κ3) is 7.33. The molecule has 0 saturated carbocycles. The Morgan fingerprint density at radius 1 is 1.15 bits per heavy atom. The average Bonchev–Trinajstić information content (AvgIpc) is 3.41. The molecule has 2 aliphatic rings. The maximum absolute atomic E-state index is 13.8. The summed E-state index contributed by atoms with van der Waals surface area (Å²) >= 11 is 0. The van der Waals surface area contributed by atoms with E-state index in [2.05, 4.69) is 15.3 Å². The second kappa shape index (κ2) is 13.4. The first-order valence-electron chi connectivity index (χ1n) is 13.4. The van der Waals surface area contributed by atoms with E-state index in [1.54, 1.807) is 19.2 Å². The minimum absolute atomic E-state index is 0.0194. The molecule has 2 heterocycles. The number of nitro benzene ring substituents is 1. The normalized spacial score (nSPS) is 17.4. The summed E-state index contributed by atoms with van der Waals surface area (Å²) in [4.78, 5) is 41.2. The van der Waals surface area contributed by atoms with Crippen LogP contribution in [0.25, 0.3) is 0 Å². The van der Waals surface area contributed by atoms with Gasteiger partial charge in [0.1, 0.15) is 12.3 Å². The molecule has 2 aromatic carbocycles. The topological polar surface area (TPSA) is 130 Å². The van der Waals surface area contributed by atoms with Gasteiger partial charge in [0.2, 0.25) is 0 Å². The van der Waals surface area contributed by atoms with Crippen molar-refractivity contribution in [2.75, 3.05) is 53.0 Å². The molecule has 3 amide bonds. The Balaban J connectivity index is 1.57. The van der Waals surface area contributed by atoms with E-state index in [4.69, 9.17) is 9.47 Å². The number of amides is 3. The first-order chi connectivity index (χ1) is 19.2. The van der Waals surface area contributed by atoms with Crippen molar-refractivity contribution in [2.24, 2.45) is 5.10 Å². The lowest BCUT2D eigenvalue weighted by Gasteiger charge is -2.31. The summed E-state index contributed by atoms with van der Waals surface area (Å²) in [6.45, 7) is 7.47. The molecule has 12 heteroatoms. The van der Waals surface area contributed by atoms with Crippen molar-refractivity contribution < 1.29 is 24.0 Å². The number of hydrogen-bond acceptors (Lipinski definition) is 8. The number of benzene rings is 2. The van der Waals surface area contributed by atoms with E-state index in [1.807, 2.05) is 38.1 Å². The Labute approximate surface area is 233 Å². The van der Waals surface area contributed by atoms with Gasteiger partial charge in [-0.2, -0.15) is 5.10 Å². The molecular formula is C28H36N6O6. The lowest BCUT2D eigenvalue weighted by Crippen LogP contribution is -2.50. The van der Waals surface area contributed by atoms with Crippen molar-refractivity contribution >= 4 is 23.3 Å². The standard InChI is InChI=1S/C28H36N6O6/c1-20(2)29-28(36)32(13-12-31-14-16-40-17-15-31)19-27(35)33-26(22-6-10-24(39-3)11-7-22)18-25(30-33)21-4-8-23(9-5-21)34(37)38/h4-11,20,26H,12-19H2,1-3H3,(H,29,36)/t26-/m1/s1. The second-order valence-electron chi connectivity index (χ2n) is 10.1. The van der Waals surface area contributed by atoms with Gasteiger partial charge in [0, 0.05) is 50.8 Å². The molecule has 0 spiro atoms. The van der Waals surface area contributed by atoms with Crippen LogP contribution < -0.4 is 10.1 Å². The molecule has 40 heavy (non-hydrogen) atoms. The maximum atomic E-state index is 13.8. The van der Waals surface area contributed by atoms with Gasteiger partial charge in [0.15, 0.2) is 0 Å². The Kier molecular flexibility index (Phi) is 9.67. The molecule has 1 N–H and O–H groups in total. The molecular weight excluding hydrogens is 516 g/mol. The first-order valence-corrected chi connectivity index (χ1v) is 13.4. The van der Waals surface area contributed by atoms with Crippen molar-refractivity contribution in [1.82, 2.24) is 20.1 Å². The number of methoxy groups -OCH3 is 1. The number of nitrogens with one attached hydrogen (secondary N) is 1. The summed E-state index contributed by atoms with van der Waals surface area (Å²) in [6.07, 6.45) is 0.419. The number of carbonyl (C=O) groups excluding carboxylic acids is 2. The smallest absolute Gasteiger partial charge is 0.318 e. The molecule has 1 saturated heterocycles. The van der Waals surface area contributed by atoms with Crippen molar-refractivity contribution in [3.05, 3.63) is 69.8 Å². The fourth-order valence-electron chi connectivity index (χ4n) is 4.69. The van der Waals surface area contributed by atoms with Crippen LogP contribution in [0.5, 0.6) is 5.75 Å². The Morgan fingerprint density at radius 2 is 1.82 bits per heavy atom. The van der Waals surface area contributed by atoms with Crippen LogP contribution in [-0.4, -0.2) is 96.5 Å². The molecule has 0 radical (unpaired) electrons. The van der Waals surface area contributed by atoms with Crippen molar-refractivity contribution in [3.63, 3.8) is 0 Å². The highest BCUT2D eigenvalue weighted by atomic mass is 16.6. The summed E-state index contributed by atoms with van der Waals surface area (Å²) in [5.41, 5.74) is 2.17. The number of rotatable bonds is 10. The van der Waals surface area contributed by atoms with E-state index in [0.29, 0.717) is 49.7 Å². The van der Waals surface area contributed by atoms with E-state index in [-0.39, 0.29) is 30.2 Å². The van der Waals surface area contributed by atoms with E-state index >= 15 is 0 Å². The molecule has 1 fully saturated rings. The lowest BCUT2D eigenvalue weighted by molar-refractivity contribution is -0.384. The highest BCUT2D eigenvalue weighted by Crippen LogP contribution is 2.34. The summed E-state index contributed by atoms with van der Waals surface area (Å²) in [6, 6.07) is 12.8. The summed E-state index contributed by atoms with van der Waals surface area (Å²) in [7, 11) is 1.59. The maximum Gasteiger partial charge on any atom is 0.318 e. The molecule has 0 unspecified atom stereocenters.